The molecule has 25 heavy (non-hydrogen) atoms. The third kappa shape index (κ3) is 3.91. The molecule has 2 aromatic rings. The molecule has 6 heteroatoms. The maximum atomic E-state index is 12.6. The first-order chi connectivity index (χ1) is 12.0. The number of morpholine rings is 1. The van der Waals surface area contributed by atoms with Crippen molar-refractivity contribution >= 4 is 16.7 Å². The van der Waals surface area contributed by atoms with E-state index in [1.807, 2.05) is 30.3 Å². The second-order valence-electron chi connectivity index (χ2n) is 6.80. The average Bonchev–Trinajstić information content (AvgIpc) is 2.62. The molecule has 3 rings (SSSR count). The van der Waals surface area contributed by atoms with Crippen LogP contribution in [0.4, 0.5) is 10.2 Å². The van der Waals surface area contributed by atoms with Gasteiger partial charge in [-0.3, -0.25) is 0 Å². The molecule has 2 heterocycles. The number of fused-ring (bicyclic) bond motifs is 1. The molecule has 1 aliphatic heterocycles. The minimum Gasteiger partial charge on any atom is -0.489 e. The Kier molecular flexibility index (Phi) is 5.20. The second kappa shape index (κ2) is 7.37. The first-order valence-corrected chi connectivity index (χ1v) is 8.41. The summed E-state index contributed by atoms with van der Waals surface area (Å²) < 4.78 is 23.7. The number of nitrogens with two attached hydrogens (primary N) is 1. The number of aromatic nitrogens is 1. The fourth-order valence-electron chi connectivity index (χ4n) is 2.93. The summed E-state index contributed by atoms with van der Waals surface area (Å²) in [4.78, 5) is 7.06. The predicted octanol–water partition coefficient (Wildman–Crippen LogP) is 3.04. The molecule has 1 aromatic carbocycles. The van der Waals surface area contributed by atoms with Gasteiger partial charge < -0.3 is 20.1 Å². The highest BCUT2D eigenvalue weighted by Crippen LogP contribution is 2.28. The topological polar surface area (TPSA) is 60.6 Å². The van der Waals surface area contributed by atoms with Crippen LogP contribution in [0.15, 0.2) is 42.2 Å². The van der Waals surface area contributed by atoms with Crippen molar-refractivity contribution in [3.05, 3.63) is 42.2 Å². The van der Waals surface area contributed by atoms with Gasteiger partial charge in [0.25, 0.3) is 0 Å². The van der Waals surface area contributed by atoms with Crippen molar-refractivity contribution in [2.45, 2.75) is 19.4 Å². The predicted molar refractivity (Wildman–Crippen MR) is 97.7 cm³/mol. The van der Waals surface area contributed by atoms with Crippen LogP contribution in [-0.2, 0) is 4.74 Å². The van der Waals surface area contributed by atoms with Crippen LogP contribution in [0.2, 0.25) is 0 Å². The summed E-state index contributed by atoms with van der Waals surface area (Å²) in [5, 5.41) is 0.978. The van der Waals surface area contributed by atoms with Crippen molar-refractivity contribution < 1.29 is 13.9 Å². The van der Waals surface area contributed by atoms with Crippen LogP contribution in [0.25, 0.3) is 10.9 Å². The number of halogens is 1. The molecule has 0 aliphatic carbocycles. The van der Waals surface area contributed by atoms with E-state index in [1.165, 1.54) is 0 Å². The third-order valence-corrected chi connectivity index (χ3v) is 4.41. The quantitative estimate of drug-likeness (QED) is 0.902. The number of ether oxygens (including phenoxy) is 2. The van der Waals surface area contributed by atoms with Gasteiger partial charge >= 0.3 is 0 Å². The van der Waals surface area contributed by atoms with Gasteiger partial charge in [0.15, 0.2) is 0 Å². The van der Waals surface area contributed by atoms with E-state index in [-0.39, 0.29) is 18.7 Å². The van der Waals surface area contributed by atoms with E-state index in [0.29, 0.717) is 30.9 Å². The second-order valence-corrected chi connectivity index (χ2v) is 6.80. The van der Waals surface area contributed by atoms with Gasteiger partial charge in [-0.15, -0.1) is 0 Å². The van der Waals surface area contributed by atoms with Crippen molar-refractivity contribution in [3.8, 4) is 5.75 Å². The van der Waals surface area contributed by atoms with Crippen molar-refractivity contribution in [2.75, 3.05) is 37.8 Å². The van der Waals surface area contributed by atoms with Gasteiger partial charge in [-0.1, -0.05) is 0 Å². The maximum Gasteiger partial charge on any atom is 0.129 e. The van der Waals surface area contributed by atoms with E-state index < -0.39 is 0 Å². The Morgan fingerprint density at radius 1 is 1.40 bits per heavy atom. The Bertz CT molecular complexity index is 776. The van der Waals surface area contributed by atoms with Crippen molar-refractivity contribution in [3.63, 3.8) is 0 Å². The summed E-state index contributed by atoms with van der Waals surface area (Å²) in [5.41, 5.74) is 6.67. The highest BCUT2D eigenvalue weighted by molar-refractivity contribution is 5.82. The molecule has 1 aliphatic rings. The van der Waals surface area contributed by atoms with Gasteiger partial charge in [0.2, 0.25) is 0 Å². The Morgan fingerprint density at radius 3 is 2.96 bits per heavy atom. The SMILES string of the molecule is CC1(C)COCCN1c1ccc2cc(OC/C(=C/F)CN)ccc2n1. The number of benzene rings is 1. The number of nitrogens with zero attached hydrogens (tertiary/aromatic N) is 2. The van der Waals surface area contributed by atoms with Crippen LogP contribution in [0.3, 0.4) is 0 Å². The molecule has 0 amide bonds. The minimum atomic E-state index is -0.0840. The summed E-state index contributed by atoms with van der Waals surface area (Å²) in [7, 11) is 0. The van der Waals surface area contributed by atoms with E-state index >= 15 is 0 Å². The number of hydrogen-bond donors (Lipinski definition) is 1. The molecule has 0 bridgehead atoms. The lowest BCUT2D eigenvalue weighted by Gasteiger charge is -2.43. The zero-order valence-electron chi connectivity index (χ0n) is 14.7. The largest absolute Gasteiger partial charge is 0.489 e. The molecule has 0 spiro atoms. The van der Waals surface area contributed by atoms with Crippen LogP contribution < -0.4 is 15.4 Å². The molecule has 2 N–H and O–H groups in total. The van der Waals surface area contributed by atoms with Gasteiger partial charge in [-0.2, -0.15) is 0 Å². The summed E-state index contributed by atoms with van der Waals surface area (Å²) in [5.74, 6) is 1.61. The van der Waals surface area contributed by atoms with Gasteiger partial charge in [0, 0.05) is 24.0 Å². The van der Waals surface area contributed by atoms with Crippen molar-refractivity contribution in [1.29, 1.82) is 0 Å². The number of hydrogen-bond acceptors (Lipinski definition) is 5. The highest BCUT2D eigenvalue weighted by Gasteiger charge is 2.31. The average molecular weight is 345 g/mol. The molecule has 1 aromatic heterocycles. The lowest BCUT2D eigenvalue weighted by Crippen LogP contribution is -2.53. The van der Waals surface area contributed by atoms with Crippen LogP contribution in [0, 0.1) is 0 Å². The minimum absolute atomic E-state index is 0.0840. The standard InChI is InChI=1S/C19H24FN3O2/c1-19(2)13-24-8-7-23(19)18-6-3-15-9-16(4-5-17(15)22-18)25-12-14(10-20)11-21/h3-6,9-10H,7-8,11-13,21H2,1-2H3/b14-10+. The summed E-state index contributed by atoms with van der Waals surface area (Å²) in [6.45, 7) is 6.82. The fourth-order valence-corrected chi connectivity index (χ4v) is 2.93. The molecule has 0 radical (unpaired) electrons. The molecule has 1 fully saturated rings. The smallest absolute Gasteiger partial charge is 0.129 e. The zero-order valence-corrected chi connectivity index (χ0v) is 14.7. The molecule has 134 valence electrons. The van der Waals surface area contributed by atoms with Gasteiger partial charge in [0.1, 0.15) is 18.2 Å². The van der Waals surface area contributed by atoms with E-state index in [0.717, 1.165) is 23.3 Å². The zero-order chi connectivity index (χ0) is 17.9. The van der Waals surface area contributed by atoms with E-state index in [9.17, 15) is 4.39 Å². The first-order valence-electron chi connectivity index (χ1n) is 8.41. The Hall–Kier alpha value is -2.18. The van der Waals surface area contributed by atoms with Crippen molar-refractivity contribution in [2.24, 2.45) is 5.73 Å². The first kappa shape index (κ1) is 17.6. The van der Waals surface area contributed by atoms with E-state index in [4.69, 9.17) is 20.2 Å². The highest BCUT2D eigenvalue weighted by atomic mass is 19.1. The maximum absolute atomic E-state index is 12.6. The van der Waals surface area contributed by atoms with Crippen molar-refractivity contribution in [1.82, 2.24) is 4.98 Å². The molecular formula is C19H24FN3O2. The number of pyridine rings is 1. The molecule has 0 atom stereocenters. The Morgan fingerprint density at radius 2 is 2.24 bits per heavy atom. The van der Waals surface area contributed by atoms with Crippen LogP contribution in [0.5, 0.6) is 5.75 Å². The summed E-state index contributed by atoms with van der Waals surface area (Å²) >= 11 is 0. The third-order valence-electron chi connectivity index (χ3n) is 4.41. The molecule has 0 unspecified atom stereocenters. The molecule has 5 nitrogen and oxygen atoms in total. The summed E-state index contributed by atoms with van der Waals surface area (Å²) in [6, 6.07) is 9.72. The lowest BCUT2D eigenvalue weighted by molar-refractivity contribution is 0.0639. The van der Waals surface area contributed by atoms with Gasteiger partial charge in [-0.25, -0.2) is 9.37 Å². The van der Waals surface area contributed by atoms with E-state index in [1.54, 1.807) is 0 Å². The molecule has 0 saturated carbocycles. The molecule has 1 saturated heterocycles. The van der Waals surface area contributed by atoms with Crippen LogP contribution in [-0.4, -0.2) is 43.4 Å². The number of anilines is 1. The van der Waals surface area contributed by atoms with Gasteiger partial charge in [0.05, 0.1) is 30.6 Å². The fraction of sp³-hybridized carbons (Fsp3) is 0.421. The van der Waals surface area contributed by atoms with Crippen LogP contribution in [0.1, 0.15) is 13.8 Å². The van der Waals surface area contributed by atoms with Gasteiger partial charge in [-0.05, 0) is 44.2 Å². The summed E-state index contributed by atoms with van der Waals surface area (Å²) in [6.07, 6.45) is 0.499. The van der Waals surface area contributed by atoms with Crippen LogP contribution >= 0.6 is 0 Å². The van der Waals surface area contributed by atoms with E-state index in [2.05, 4.69) is 18.7 Å². The Labute approximate surface area is 147 Å². The molecular weight excluding hydrogens is 321 g/mol. The monoisotopic (exact) mass is 345 g/mol. The normalized spacial score (nSPS) is 17.8. The Balaban J connectivity index is 1.81. The lowest BCUT2D eigenvalue weighted by atomic mass is 10.0. The number of rotatable bonds is 5.